The molecule has 1 amide bonds. The first-order valence-electron chi connectivity index (χ1n) is 9.32. The van der Waals surface area contributed by atoms with Crippen LogP contribution in [0.15, 0.2) is 73.2 Å². The molecule has 3 aromatic heterocycles. The van der Waals surface area contributed by atoms with E-state index < -0.39 is 0 Å². The van der Waals surface area contributed by atoms with Crippen molar-refractivity contribution in [1.82, 2.24) is 24.7 Å². The van der Waals surface area contributed by atoms with E-state index in [-0.39, 0.29) is 5.91 Å². The molecule has 1 aromatic carbocycles. The number of hydrogen-bond acceptors (Lipinski definition) is 5. The van der Waals surface area contributed by atoms with Crippen molar-refractivity contribution in [2.24, 2.45) is 0 Å². The van der Waals surface area contributed by atoms with Crippen LogP contribution in [-0.2, 0) is 13.0 Å². The maximum Gasteiger partial charge on any atom is 0.255 e. The number of carbonyl (C=O) groups excluding carboxylic acids is 1. The van der Waals surface area contributed by atoms with Crippen LogP contribution < -0.4 is 5.32 Å². The van der Waals surface area contributed by atoms with E-state index in [0.29, 0.717) is 22.8 Å². The molecular weight excluding hydrogens is 364 g/mol. The summed E-state index contributed by atoms with van der Waals surface area (Å²) >= 11 is 0. The topological polar surface area (TPSA) is 85.6 Å². The fourth-order valence-corrected chi connectivity index (χ4v) is 3.06. The molecule has 29 heavy (non-hydrogen) atoms. The summed E-state index contributed by atoms with van der Waals surface area (Å²) in [5.74, 6) is 1.23. The van der Waals surface area contributed by atoms with Crippen molar-refractivity contribution in [3.05, 3.63) is 90.1 Å². The molecule has 0 atom stereocenters. The van der Waals surface area contributed by atoms with Crippen LogP contribution in [0.3, 0.4) is 0 Å². The molecule has 0 aliphatic heterocycles. The predicted octanol–water partition coefficient (Wildman–Crippen LogP) is 3.54. The number of rotatable bonds is 6. The van der Waals surface area contributed by atoms with E-state index in [0.717, 1.165) is 18.8 Å². The number of benzene rings is 1. The molecule has 7 heteroatoms. The van der Waals surface area contributed by atoms with Gasteiger partial charge in [0.25, 0.3) is 5.91 Å². The van der Waals surface area contributed by atoms with E-state index >= 15 is 0 Å². The van der Waals surface area contributed by atoms with Gasteiger partial charge in [-0.2, -0.15) is 0 Å². The lowest BCUT2D eigenvalue weighted by atomic mass is 10.1. The molecular formula is C22H20N6O. The van der Waals surface area contributed by atoms with Gasteiger partial charge in [0, 0.05) is 24.5 Å². The van der Waals surface area contributed by atoms with E-state index in [2.05, 4.69) is 37.6 Å². The van der Waals surface area contributed by atoms with Gasteiger partial charge in [-0.1, -0.05) is 30.3 Å². The second-order valence-electron chi connectivity index (χ2n) is 6.58. The van der Waals surface area contributed by atoms with Crippen molar-refractivity contribution in [2.75, 3.05) is 5.32 Å². The van der Waals surface area contributed by atoms with Crippen molar-refractivity contribution in [3.63, 3.8) is 0 Å². The van der Waals surface area contributed by atoms with Crippen LogP contribution >= 0.6 is 0 Å². The molecule has 0 spiro atoms. The Morgan fingerprint density at radius 2 is 1.90 bits per heavy atom. The summed E-state index contributed by atoms with van der Waals surface area (Å²) in [6, 6.07) is 17.2. The summed E-state index contributed by atoms with van der Waals surface area (Å²) in [4.78, 5) is 21.0. The minimum absolute atomic E-state index is 0.228. The number of pyridine rings is 2. The van der Waals surface area contributed by atoms with Crippen molar-refractivity contribution >= 4 is 11.6 Å². The highest BCUT2D eigenvalue weighted by Gasteiger charge is 2.15. The van der Waals surface area contributed by atoms with Gasteiger partial charge < -0.3 is 9.88 Å². The monoisotopic (exact) mass is 384 g/mol. The average Bonchev–Trinajstić information content (AvgIpc) is 3.14. The van der Waals surface area contributed by atoms with Gasteiger partial charge in [0.2, 0.25) is 0 Å². The first-order chi connectivity index (χ1) is 14.2. The summed E-state index contributed by atoms with van der Waals surface area (Å²) in [5.41, 5.74) is 2.98. The van der Waals surface area contributed by atoms with Gasteiger partial charge in [0.1, 0.15) is 11.5 Å². The third-order valence-electron chi connectivity index (χ3n) is 4.57. The first-order valence-corrected chi connectivity index (χ1v) is 9.32. The summed E-state index contributed by atoms with van der Waals surface area (Å²) in [6.45, 7) is 2.65. The summed E-state index contributed by atoms with van der Waals surface area (Å²) < 4.78 is 2.03. The lowest BCUT2D eigenvalue weighted by Crippen LogP contribution is -2.13. The van der Waals surface area contributed by atoms with Gasteiger partial charge in [-0.15, -0.1) is 10.2 Å². The lowest BCUT2D eigenvalue weighted by molar-refractivity contribution is 0.102. The number of hydrogen-bond donors (Lipinski definition) is 1. The van der Waals surface area contributed by atoms with Crippen LogP contribution in [0.1, 0.15) is 21.7 Å². The molecule has 0 saturated carbocycles. The largest absolute Gasteiger partial charge is 0.321 e. The van der Waals surface area contributed by atoms with Gasteiger partial charge in [-0.25, -0.2) is 0 Å². The molecule has 0 aliphatic rings. The Bertz CT molecular complexity index is 1110. The Labute approximate surface area is 168 Å². The van der Waals surface area contributed by atoms with Crippen molar-refractivity contribution in [3.8, 4) is 11.5 Å². The van der Waals surface area contributed by atoms with Gasteiger partial charge in [0.15, 0.2) is 5.82 Å². The van der Waals surface area contributed by atoms with Crippen LogP contribution in [-0.4, -0.2) is 30.6 Å². The second kappa shape index (κ2) is 8.43. The van der Waals surface area contributed by atoms with Crippen molar-refractivity contribution in [1.29, 1.82) is 0 Å². The normalized spacial score (nSPS) is 10.7. The van der Waals surface area contributed by atoms with Crippen molar-refractivity contribution in [2.45, 2.75) is 19.9 Å². The molecule has 0 bridgehead atoms. The molecule has 0 aliphatic carbocycles. The standard InChI is InChI=1S/C22H20N6O/c1-16-26-27-21(28(16)13-10-17-6-3-2-4-7-17)20-14-18(9-12-24-20)22(29)25-19-8-5-11-23-15-19/h2-9,11-12,14-15H,10,13H2,1H3,(H,25,29). The molecule has 144 valence electrons. The Balaban J connectivity index is 1.56. The average molecular weight is 384 g/mol. The Kier molecular flexibility index (Phi) is 5.38. The van der Waals surface area contributed by atoms with E-state index in [1.54, 1.807) is 42.9 Å². The van der Waals surface area contributed by atoms with Gasteiger partial charge >= 0.3 is 0 Å². The highest BCUT2D eigenvalue weighted by Crippen LogP contribution is 2.19. The fraction of sp³-hybridized carbons (Fsp3) is 0.136. The zero-order valence-electron chi connectivity index (χ0n) is 16.0. The zero-order chi connectivity index (χ0) is 20.1. The molecule has 4 aromatic rings. The van der Waals surface area contributed by atoms with E-state index in [1.165, 1.54) is 5.56 Å². The smallest absolute Gasteiger partial charge is 0.255 e. The van der Waals surface area contributed by atoms with E-state index in [9.17, 15) is 4.79 Å². The third kappa shape index (κ3) is 4.35. The zero-order valence-corrected chi connectivity index (χ0v) is 16.0. The molecule has 4 rings (SSSR count). The van der Waals surface area contributed by atoms with E-state index in [4.69, 9.17) is 0 Å². The second-order valence-corrected chi connectivity index (χ2v) is 6.58. The number of aromatic nitrogens is 5. The quantitative estimate of drug-likeness (QED) is 0.550. The molecule has 0 fully saturated rings. The number of aryl methyl sites for hydroxylation is 2. The number of nitrogens with one attached hydrogen (secondary N) is 1. The van der Waals surface area contributed by atoms with Crippen LogP contribution in [0.4, 0.5) is 5.69 Å². The minimum Gasteiger partial charge on any atom is -0.321 e. The van der Waals surface area contributed by atoms with Gasteiger partial charge in [-0.05, 0) is 43.2 Å². The Morgan fingerprint density at radius 1 is 1.03 bits per heavy atom. The number of nitrogens with zero attached hydrogens (tertiary/aromatic N) is 5. The van der Waals surface area contributed by atoms with E-state index in [1.807, 2.05) is 29.7 Å². The summed E-state index contributed by atoms with van der Waals surface area (Å²) in [5, 5.41) is 11.3. The lowest BCUT2D eigenvalue weighted by Gasteiger charge is -2.10. The first kappa shape index (κ1) is 18.5. The van der Waals surface area contributed by atoms with Crippen LogP contribution in [0.5, 0.6) is 0 Å². The summed E-state index contributed by atoms with van der Waals surface area (Å²) in [7, 11) is 0. The molecule has 3 heterocycles. The molecule has 1 N–H and O–H groups in total. The molecule has 0 saturated heterocycles. The van der Waals surface area contributed by atoms with Gasteiger partial charge in [-0.3, -0.25) is 14.8 Å². The Hall–Kier alpha value is -3.87. The highest BCUT2D eigenvalue weighted by molar-refractivity contribution is 6.04. The predicted molar refractivity (Wildman–Crippen MR) is 110 cm³/mol. The van der Waals surface area contributed by atoms with Crippen LogP contribution in [0.2, 0.25) is 0 Å². The minimum atomic E-state index is -0.228. The highest BCUT2D eigenvalue weighted by atomic mass is 16.1. The van der Waals surface area contributed by atoms with Gasteiger partial charge in [0.05, 0.1) is 11.9 Å². The third-order valence-corrected chi connectivity index (χ3v) is 4.57. The number of carbonyl (C=O) groups is 1. The molecule has 0 unspecified atom stereocenters. The Morgan fingerprint density at radius 3 is 2.69 bits per heavy atom. The number of anilines is 1. The molecule has 0 radical (unpaired) electrons. The fourth-order valence-electron chi connectivity index (χ4n) is 3.06. The van der Waals surface area contributed by atoms with Crippen LogP contribution in [0, 0.1) is 6.92 Å². The SMILES string of the molecule is Cc1nnc(-c2cc(C(=O)Nc3cccnc3)ccn2)n1CCc1ccccc1. The van der Waals surface area contributed by atoms with Crippen LogP contribution in [0.25, 0.3) is 11.5 Å². The van der Waals surface area contributed by atoms with Crippen molar-refractivity contribution < 1.29 is 4.79 Å². The molecule has 7 nitrogen and oxygen atoms in total. The maximum absolute atomic E-state index is 12.6. The summed E-state index contributed by atoms with van der Waals surface area (Å²) in [6.07, 6.45) is 5.72. The number of amides is 1. The maximum atomic E-state index is 12.6.